The number of rotatable bonds is 6. The Morgan fingerprint density at radius 3 is 2.17 bits per heavy atom. The molecule has 0 fully saturated rings. The van der Waals surface area contributed by atoms with Crippen molar-refractivity contribution in [2.75, 3.05) is 0 Å². The van der Waals surface area contributed by atoms with Gasteiger partial charge in [0.25, 0.3) is 0 Å². The van der Waals surface area contributed by atoms with Crippen LogP contribution >= 0.6 is 0 Å². The summed E-state index contributed by atoms with van der Waals surface area (Å²) in [6.45, 7) is 0. The highest BCUT2D eigenvalue weighted by Gasteiger charge is 2.10. The fourth-order valence-electron chi connectivity index (χ4n) is 3.73. The zero-order valence-electron chi connectivity index (χ0n) is 13.2. The van der Waals surface area contributed by atoms with Gasteiger partial charge in [0.1, 0.15) is 6.29 Å². The number of benzene rings is 4. The first-order valence-electron chi connectivity index (χ1n) is 8.47. The third kappa shape index (κ3) is 2.46. The predicted molar refractivity (Wildman–Crippen MR) is 98.4 cm³/mol. The number of carbonyl (C=O) groups excluding carboxylic acids is 1. The molecule has 4 aromatic rings. The van der Waals surface area contributed by atoms with Gasteiger partial charge in [-0.05, 0) is 57.1 Å². The molecule has 0 spiro atoms. The summed E-state index contributed by atoms with van der Waals surface area (Å²) in [4.78, 5) is 10.4. The van der Waals surface area contributed by atoms with E-state index in [2.05, 4.69) is 54.6 Å². The minimum Gasteiger partial charge on any atom is -0.303 e. The van der Waals surface area contributed by atoms with Crippen LogP contribution in [0.2, 0.25) is 0 Å². The maximum Gasteiger partial charge on any atom is 0.119 e. The summed E-state index contributed by atoms with van der Waals surface area (Å²) in [6, 6.07) is 20.1. The first-order valence-corrected chi connectivity index (χ1v) is 8.47. The molecule has 0 saturated carbocycles. The molecule has 0 atom stereocenters. The van der Waals surface area contributed by atoms with Gasteiger partial charge in [-0.25, -0.2) is 0 Å². The van der Waals surface area contributed by atoms with E-state index in [4.69, 9.17) is 0 Å². The third-order valence-electron chi connectivity index (χ3n) is 4.89. The summed E-state index contributed by atoms with van der Waals surface area (Å²) >= 11 is 0. The van der Waals surface area contributed by atoms with E-state index >= 15 is 0 Å². The number of unbranched alkanes of at least 4 members (excludes halogenated alkanes) is 3. The van der Waals surface area contributed by atoms with Crippen molar-refractivity contribution < 1.29 is 4.79 Å². The number of aryl methyl sites for hydroxylation is 1. The molecule has 114 valence electrons. The van der Waals surface area contributed by atoms with Crippen molar-refractivity contribution >= 4 is 38.6 Å². The predicted octanol–water partition coefficient (Wildman–Crippen LogP) is 5.89. The van der Waals surface area contributed by atoms with E-state index in [0.717, 1.165) is 32.0 Å². The van der Waals surface area contributed by atoms with Crippen molar-refractivity contribution in [1.29, 1.82) is 0 Å². The molecule has 0 aliphatic rings. The zero-order chi connectivity index (χ0) is 15.6. The van der Waals surface area contributed by atoms with E-state index in [1.54, 1.807) is 0 Å². The van der Waals surface area contributed by atoms with E-state index in [0.29, 0.717) is 6.42 Å². The van der Waals surface area contributed by atoms with E-state index in [1.807, 2.05) is 0 Å². The standard InChI is InChI=1S/C22H20O/c23-15-4-2-1-3-6-16-9-10-19-12-11-17-7-5-8-18-13-14-20(16)22(19)21(17)18/h5,7-15H,1-4,6H2. The van der Waals surface area contributed by atoms with Gasteiger partial charge in [0.15, 0.2) is 0 Å². The van der Waals surface area contributed by atoms with Crippen LogP contribution in [0.5, 0.6) is 0 Å². The van der Waals surface area contributed by atoms with Crippen LogP contribution < -0.4 is 0 Å². The third-order valence-corrected chi connectivity index (χ3v) is 4.89. The van der Waals surface area contributed by atoms with Crippen molar-refractivity contribution in [3.8, 4) is 0 Å². The Bertz CT molecular complexity index is 952. The number of hydrogen-bond donors (Lipinski definition) is 0. The van der Waals surface area contributed by atoms with E-state index in [-0.39, 0.29) is 0 Å². The maximum absolute atomic E-state index is 10.4. The van der Waals surface area contributed by atoms with Gasteiger partial charge < -0.3 is 4.79 Å². The van der Waals surface area contributed by atoms with Gasteiger partial charge in [0.05, 0.1) is 0 Å². The number of hydrogen-bond acceptors (Lipinski definition) is 1. The summed E-state index contributed by atoms with van der Waals surface area (Å²) in [7, 11) is 0. The SMILES string of the molecule is O=CCCCCCc1ccc2ccc3cccc4ccc1c2c34. The summed E-state index contributed by atoms with van der Waals surface area (Å²) in [5, 5.41) is 8.17. The molecular formula is C22H20O. The molecule has 0 aliphatic heterocycles. The molecule has 0 aliphatic carbocycles. The highest BCUT2D eigenvalue weighted by Crippen LogP contribution is 2.36. The first kappa shape index (κ1) is 14.2. The lowest BCUT2D eigenvalue weighted by Crippen LogP contribution is -1.91. The molecular weight excluding hydrogens is 280 g/mol. The Labute approximate surface area is 136 Å². The topological polar surface area (TPSA) is 17.1 Å². The fourth-order valence-corrected chi connectivity index (χ4v) is 3.73. The smallest absolute Gasteiger partial charge is 0.119 e. The van der Waals surface area contributed by atoms with E-state index < -0.39 is 0 Å². The maximum atomic E-state index is 10.4. The van der Waals surface area contributed by atoms with Gasteiger partial charge in [-0.2, -0.15) is 0 Å². The molecule has 0 bridgehead atoms. The van der Waals surface area contributed by atoms with Gasteiger partial charge in [0.2, 0.25) is 0 Å². The molecule has 0 amide bonds. The Kier molecular flexibility index (Phi) is 3.70. The van der Waals surface area contributed by atoms with Crippen LogP contribution in [0.3, 0.4) is 0 Å². The van der Waals surface area contributed by atoms with Crippen LogP contribution in [0.15, 0.2) is 54.6 Å². The largest absolute Gasteiger partial charge is 0.303 e. The van der Waals surface area contributed by atoms with Crippen molar-refractivity contribution in [3.05, 3.63) is 60.2 Å². The molecule has 0 heterocycles. The van der Waals surface area contributed by atoms with Crippen molar-refractivity contribution in [2.24, 2.45) is 0 Å². The van der Waals surface area contributed by atoms with Crippen LogP contribution in [0, 0.1) is 0 Å². The highest BCUT2D eigenvalue weighted by molar-refractivity contribution is 6.23. The Hall–Kier alpha value is -2.41. The second-order valence-corrected chi connectivity index (χ2v) is 6.35. The van der Waals surface area contributed by atoms with Crippen LogP contribution in [-0.2, 0) is 11.2 Å². The lowest BCUT2D eigenvalue weighted by atomic mass is 9.90. The highest BCUT2D eigenvalue weighted by atomic mass is 16.1. The molecule has 1 nitrogen and oxygen atoms in total. The molecule has 4 rings (SSSR count). The average Bonchev–Trinajstić information content (AvgIpc) is 2.60. The second kappa shape index (κ2) is 6.00. The second-order valence-electron chi connectivity index (χ2n) is 6.35. The molecule has 0 aromatic heterocycles. The minimum absolute atomic E-state index is 0.693. The monoisotopic (exact) mass is 300 g/mol. The van der Waals surface area contributed by atoms with Gasteiger partial charge in [0, 0.05) is 6.42 Å². The molecule has 0 radical (unpaired) electrons. The summed E-state index contributed by atoms with van der Waals surface area (Å²) in [5.74, 6) is 0. The minimum atomic E-state index is 0.693. The summed E-state index contributed by atoms with van der Waals surface area (Å²) in [6.07, 6.45) is 6.09. The quantitative estimate of drug-likeness (QED) is 0.247. The lowest BCUT2D eigenvalue weighted by molar-refractivity contribution is -0.107. The Morgan fingerprint density at radius 1 is 0.696 bits per heavy atom. The molecule has 0 N–H and O–H groups in total. The van der Waals surface area contributed by atoms with Crippen molar-refractivity contribution in [3.63, 3.8) is 0 Å². The molecule has 0 unspecified atom stereocenters. The molecule has 1 heteroatoms. The van der Waals surface area contributed by atoms with Gasteiger partial charge in [-0.15, -0.1) is 0 Å². The van der Waals surface area contributed by atoms with Crippen LogP contribution in [0.4, 0.5) is 0 Å². The van der Waals surface area contributed by atoms with Crippen LogP contribution in [0.25, 0.3) is 32.3 Å². The van der Waals surface area contributed by atoms with Gasteiger partial charge in [-0.1, -0.05) is 61.0 Å². The molecule has 4 aromatic carbocycles. The normalized spacial score (nSPS) is 11.7. The van der Waals surface area contributed by atoms with Crippen molar-refractivity contribution in [1.82, 2.24) is 0 Å². The Balaban J connectivity index is 1.78. The van der Waals surface area contributed by atoms with E-state index in [9.17, 15) is 4.79 Å². The average molecular weight is 300 g/mol. The molecule has 23 heavy (non-hydrogen) atoms. The van der Waals surface area contributed by atoms with Crippen LogP contribution in [0.1, 0.15) is 31.2 Å². The summed E-state index contributed by atoms with van der Waals surface area (Å²) < 4.78 is 0. The van der Waals surface area contributed by atoms with Crippen molar-refractivity contribution in [2.45, 2.75) is 32.1 Å². The molecule has 0 saturated heterocycles. The number of carbonyl (C=O) groups is 1. The van der Waals surface area contributed by atoms with Crippen LogP contribution in [-0.4, -0.2) is 6.29 Å². The lowest BCUT2D eigenvalue weighted by Gasteiger charge is -2.13. The first-order chi connectivity index (χ1) is 11.4. The van der Waals surface area contributed by atoms with E-state index in [1.165, 1.54) is 37.9 Å². The summed E-state index contributed by atoms with van der Waals surface area (Å²) in [5.41, 5.74) is 1.43. The van der Waals surface area contributed by atoms with Gasteiger partial charge >= 0.3 is 0 Å². The fraction of sp³-hybridized carbons (Fsp3) is 0.227. The zero-order valence-corrected chi connectivity index (χ0v) is 13.2. The number of aldehydes is 1. The van der Waals surface area contributed by atoms with Gasteiger partial charge in [-0.3, -0.25) is 0 Å². The Morgan fingerprint density at radius 2 is 1.39 bits per heavy atom.